The fourth-order valence-electron chi connectivity index (χ4n) is 4.89. The van der Waals surface area contributed by atoms with E-state index in [-0.39, 0.29) is 11.5 Å². The summed E-state index contributed by atoms with van der Waals surface area (Å²) in [6, 6.07) is 18.5. The third-order valence-electron chi connectivity index (χ3n) is 6.49. The van der Waals surface area contributed by atoms with Gasteiger partial charge in [0, 0.05) is 30.3 Å². The highest BCUT2D eigenvalue weighted by Crippen LogP contribution is 2.51. The summed E-state index contributed by atoms with van der Waals surface area (Å²) in [4.78, 5) is 14.7. The van der Waals surface area contributed by atoms with Gasteiger partial charge in [-0.25, -0.2) is 4.39 Å². The van der Waals surface area contributed by atoms with Crippen LogP contribution in [-0.2, 0) is 5.79 Å². The first kappa shape index (κ1) is 19.1. The van der Waals surface area contributed by atoms with E-state index < -0.39 is 11.6 Å². The Hall–Kier alpha value is -3.60. The number of ether oxygens (including phenoxy) is 2. The third-order valence-corrected chi connectivity index (χ3v) is 6.49. The largest absolute Gasteiger partial charge is 0.440 e. The lowest BCUT2D eigenvalue weighted by Gasteiger charge is -2.30. The van der Waals surface area contributed by atoms with Crippen LogP contribution in [0.4, 0.5) is 4.39 Å². The molecule has 32 heavy (non-hydrogen) atoms. The van der Waals surface area contributed by atoms with Gasteiger partial charge < -0.3 is 14.4 Å². The van der Waals surface area contributed by atoms with Gasteiger partial charge in [-0.3, -0.25) is 4.79 Å². The summed E-state index contributed by atoms with van der Waals surface area (Å²) in [5.74, 6) is -1.47. The van der Waals surface area contributed by atoms with Crippen molar-refractivity contribution >= 4 is 18.1 Å². The van der Waals surface area contributed by atoms with E-state index in [4.69, 9.17) is 9.47 Å². The maximum absolute atomic E-state index is 15.1. The zero-order valence-electron chi connectivity index (χ0n) is 17.5. The second-order valence-electron chi connectivity index (χ2n) is 8.46. The van der Waals surface area contributed by atoms with E-state index >= 15 is 4.39 Å². The van der Waals surface area contributed by atoms with Crippen molar-refractivity contribution in [2.24, 2.45) is 0 Å². The van der Waals surface area contributed by atoms with Crippen molar-refractivity contribution in [1.29, 1.82) is 0 Å². The zero-order chi connectivity index (χ0) is 21.7. The highest BCUT2D eigenvalue weighted by molar-refractivity contribution is 5.95. The van der Waals surface area contributed by atoms with Crippen LogP contribution in [0.15, 0.2) is 60.7 Å². The molecular weight excluding hydrogens is 405 g/mol. The second kappa shape index (κ2) is 7.23. The molecule has 4 nitrogen and oxygen atoms in total. The molecule has 1 aliphatic carbocycles. The van der Waals surface area contributed by atoms with Crippen LogP contribution in [0.5, 0.6) is 11.5 Å². The maximum atomic E-state index is 15.1. The molecule has 0 N–H and O–H groups in total. The van der Waals surface area contributed by atoms with Crippen LogP contribution in [0.3, 0.4) is 0 Å². The minimum atomic E-state index is -1.25. The van der Waals surface area contributed by atoms with Gasteiger partial charge in [0.05, 0.1) is 5.56 Å². The van der Waals surface area contributed by atoms with E-state index in [0.717, 1.165) is 41.5 Å². The Morgan fingerprint density at radius 2 is 1.38 bits per heavy atom. The molecule has 0 saturated carbocycles. The smallest absolute Gasteiger partial charge is 0.306 e. The van der Waals surface area contributed by atoms with Crippen molar-refractivity contribution in [3.63, 3.8) is 0 Å². The van der Waals surface area contributed by atoms with E-state index in [9.17, 15) is 4.79 Å². The summed E-state index contributed by atoms with van der Waals surface area (Å²) in [6.45, 7) is 1.31. The van der Waals surface area contributed by atoms with Crippen LogP contribution < -0.4 is 9.47 Å². The summed E-state index contributed by atoms with van der Waals surface area (Å²) in [5, 5.41) is 0. The van der Waals surface area contributed by atoms with Crippen LogP contribution in [0, 0.1) is 5.82 Å². The zero-order valence-corrected chi connectivity index (χ0v) is 17.5. The second-order valence-corrected chi connectivity index (χ2v) is 8.46. The SMILES string of the molecule is O=C(c1cc2c(cc1F)OC1(O2)c2ccccc2C=Cc2ccccc21)N1CCCCC1. The molecule has 0 atom stereocenters. The summed E-state index contributed by atoms with van der Waals surface area (Å²) in [6.07, 6.45) is 7.06. The molecule has 0 unspecified atom stereocenters. The highest BCUT2D eigenvalue weighted by atomic mass is 19.1. The minimum Gasteiger partial charge on any atom is -0.440 e. The lowest BCUT2D eigenvalue weighted by Crippen LogP contribution is -2.37. The molecule has 1 saturated heterocycles. The van der Waals surface area contributed by atoms with Gasteiger partial charge in [-0.05, 0) is 36.5 Å². The lowest BCUT2D eigenvalue weighted by molar-refractivity contribution is -0.0461. The molecule has 1 amide bonds. The molecule has 1 spiro atoms. The number of nitrogens with zero attached hydrogens (tertiary/aromatic N) is 1. The molecule has 160 valence electrons. The Bertz CT molecular complexity index is 1210. The van der Waals surface area contributed by atoms with Gasteiger partial charge in [0.1, 0.15) is 5.82 Å². The molecule has 3 aromatic rings. The number of fused-ring (bicyclic) bond motifs is 5. The first-order chi connectivity index (χ1) is 15.7. The molecule has 1 fully saturated rings. The predicted molar refractivity (Wildman–Crippen MR) is 120 cm³/mol. The van der Waals surface area contributed by atoms with Gasteiger partial charge in [0.2, 0.25) is 0 Å². The average molecular weight is 427 g/mol. The first-order valence-electron chi connectivity index (χ1n) is 11.0. The molecule has 0 bridgehead atoms. The van der Waals surface area contributed by atoms with E-state index in [2.05, 4.69) is 0 Å². The fraction of sp³-hybridized carbons (Fsp3) is 0.222. The van der Waals surface area contributed by atoms with Crippen molar-refractivity contribution in [3.8, 4) is 11.5 Å². The standard InChI is InChI=1S/C27H22FNO3/c28-23-17-25-24(16-20(23)26(30)29-14-6-1-7-15-29)31-27(32-25)21-10-4-2-8-18(21)12-13-19-9-3-5-11-22(19)27/h2-5,8-13,16-17H,1,6-7,14-15H2. The van der Waals surface area contributed by atoms with Crippen LogP contribution >= 0.6 is 0 Å². The molecule has 3 aliphatic rings. The Morgan fingerprint density at radius 1 is 0.812 bits per heavy atom. The van der Waals surface area contributed by atoms with Gasteiger partial charge >= 0.3 is 5.79 Å². The van der Waals surface area contributed by atoms with E-state index in [0.29, 0.717) is 24.6 Å². The Labute approximate surface area is 185 Å². The number of halogens is 1. The van der Waals surface area contributed by atoms with Crippen molar-refractivity contribution in [2.45, 2.75) is 25.0 Å². The number of piperidine rings is 1. The fourth-order valence-corrected chi connectivity index (χ4v) is 4.89. The van der Waals surface area contributed by atoms with Gasteiger partial charge in [0.25, 0.3) is 5.91 Å². The number of amides is 1. The predicted octanol–water partition coefficient (Wildman–Crippen LogP) is 5.61. The number of carbonyl (C=O) groups excluding carboxylic acids is 1. The molecule has 0 radical (unpaired) electrons. The minimum absolute atomic E-state index is 0.0274. The normalized spacial score (nSPS) is 17.6. The summed E-state index contributed by atoms with van der Waals surface area (Å²) >= 11 is 0. The Balaban J connectivity index is 1.47. The van der Waals surface area contributed by atoms with Gasteiger partial charge in [-0.15, -0.1) is 0 Å². The molecule has 2 aliphatic heterocycles. The van der Waals surface area contributed by atoms with Gasteiger partial charge in [-0.2, -0.15) is 0 Å². The monoisotopic (exact) mass is 427 g/mol. The van der Waals surface area contributed by atoms with E-state index in [1.807, 2.05) is 60.7 Å². The van der Waals surface area contributed by atoms with Gasteiger partial charge in [-0.1, -0.05) is 60.7 Å². The Morgan fingerprint density at radius 3 is 2.00 bits per heavy atom. The molecule has 6 rings (SSSR count). The van der Waals surface area contributed by atoms with Crippen LogP contribution in [-0.4, -0.2) is 23.9 Å². The first-order valence-corrected chi connectivity index (χ1v) is 11.0. The molecule has 5 heteroatoms. The quantitative estimate of drug-likeness (QED) is 0.507. The van der Waals surface area contributed by atoms with E-state index in [1.165, 1.54) is 12.1 Å². The number of benzene rings is 3. The summed E-state index contributed by atoms with van der Waals surface area (Å²) < 4.78 is 28.0. The molecule has 3 aromatic carbocycles. The molecule has 0 aromatic heterocycles. The van der Waals surface area contributed by atoms with Crippen LogP contribution in [0.2, 0.25) is 0 Å². The average Bonchev–Trinajstić information content (AvgIpc) is 3.15. The Kier molecular flexibility index (Phi) is 4.32. The lowest BCUT2D eigenvalue weighted by atomic mass is 9.93. The summed E-state index contributed by atoms with van der Waals surface area (Å²) in [7, 11) is 0. The molecular formula is C27H22FNO3. The number of hydrogen-bond donors (Lipinski definition) is 0. The van der Waals surface area contributed by atoms with Crippen molar-refractivity contribution in [2.75, 3.05) is 13.1 Å². The van der Waals surface area contributed by atoms with E-state index in [1.54, 1.807) is 4.90 Å². The number of hydrogen-bond acceptors (Lipinski definition) is 3. The van der Waals surface area contributed by atoms with Crippen molar-refractivity contribution < 1.29 is 18.7 Å². The topological polar surface area (TPSA) is 38.8 Å². The third kappa shape index (κ3) is 2.84. The highest BCUT2D eigenvalue weighted by Gasteiger charge is 2.49. The maximum Gasteiger partial charge on any atom is 0.306 e. The summed E-state index contributed by atoms with van der Waals surface area (Å²) in [5.41, 5.74) is 3.62. The number of carbonyl (C=O) groups is 1. The van der Waals surface area contributed by atoms with Crippen LogP contribution in [0.1, 0.15) is 51.9 Å². The van der Waals surface area contributed by atoms with Crippen molar-refractivity contribution in [3.05, 3.63) is 94.3 Å². The number of likely N-dealkylation sites (tertiary alicyclic amines) is 1. The number of rotatable bonds is 1. The molecule has 2 heterocycles. The van der Waals surface area contributed by atoms with Crippen LogP contribution in [0.25, 0.3) is 12.2 Å². The van der Waals surface area contributed by atoms with Crippen molar-refractivity contribution in [1.82, 2.24) is 4.90 Å². The van der Waals surface area contributed by atoms with Gasteiger partial charge in [0.15, 0.2) is 11.5 Å².